The Morgan fingerprint density at radius 1 is 1.59 bits per heavy atom. The molecule has 1 aliphatic rings. The average Bonchev–Trinajstić information content (AvgIpc) is 3.06. The van der Waals surface area contributed by atoms with Crippen LogP contribution in [0.15, 0.2) is 11.4 Å². The van der Waals surface area contributed by atoms with Crippen LogP contribution in [0.3, 0.4) is 0 Å². The highest BCUT2D eigenvalue weighted by Gasteiger charge is 2.21. The van der Waals surface area contributed by atoms with Gasteiger partial charge in [-0.05, 0) is 43.2 Å². The van der Waals surface area contributed by atoms with Crippen LogP contribution in [-0.2, 0) is 11.2 Å². The van der Waals surface area contributed by atoms with E-state index in [2.05, 4.69) is 23.7 Å². The molecule has 0 saturated heterocycles. The van der Waals surface area contributed by atoms with E-state index in [0.717, 1.165) is 13.0 Å². The molecule has 0 atom stereocenters. The van der Waals surface area contributed by atoms with E-state index in [0.29, 0.717) is 12.6 Å². The van der Waals surface area contributed by atoms with E-state index in [9.17, 15) is 4.79 Å². The van der Waals surface area contributed by atoms with E-state index in [4.69, 9.17) is 0 Å². The Morgan fingerprint density at radius 3 is 2.94 bits per heavy atom. The molecule has 4 heteroatoms. The van der Waals surface area contributed by atoms with Gasteiger partial charge in [0.1, 0.15) is 0 Å². The van der Waals surface area contributed by atoms with E-state index in [-0.39, 0.29) is 5.91 Å². The summed E-state index contributed by atoms with van der Waals surface area (Å²) in [7, 11) is 1.89. The van der Waals surface area contributed by atoms with Crippen LogP contribution in [0.2, 0.25) is 0 Å². The highest BCUT2D eigenvalue weighted by molar-refractivity contribution is 7.10. The SMILES string of the molecule is Cc1ccsc1CCN(C)C(=O)CNC1CC1. The van der Waals surface area contributed by atoms with E-state index in [1.807, 2.05) is 11.9 Å². The molecule has 0 spiro atoms. The maximum absolute atomic E-state index is 11.8. The summed E-state index contributed by atoms with van der Waals surface area (Å²) >= 11 is 1.78. The number of aryl methyl sites for hydroxylation is 1. The summed E-state index contributed by atoms with van der Waals surface area (Å²) in [4.78, 5) is 15.0. The molecule has 0 aliphatic heterocycles. The van der Waals surface area contributed by atoms with E-state index in [1.165, 1.54) is 23.3 Å². The van der Waals surface area contributed by atoms with Gasteiger partial charge in [-0.3, -0.25) is 4.79 Å². The van der Waals surface area contributed by atoms with Crippen LogP contribution >= 0.6 is 11.3 Å². The van der Waals surface area contributed by atoms with Crippen molar-refractivity contribution in [2.24, 2.45) is 0 Å². The third-order valence-corrected chi connectivity index (χ3v) is 4.27. The number of carbonyl (C=O) groups is 1. The second-order valence-corrected chi connectivity index (χ2v) is 5.75. The molecule has 0 aromatic carbocycles. The molecule has 1 aromatic heterocycles. The highest BCUT2D eigenvalue weighted by Crippen LogP contribution is 2.18. The van der Waals surface area contributed by atoms with Gasteiger partial charge in [0.25, 0.3) is 0 Å². The first-order valence-electron chi connectivity index (χ1n) is 6.17. The molecule has 1 aliphatic carbocycles. The zero-order valence-corrected chi connectivity index (χ0v) is 11.3. The molecular weight excluding hydrogens is 232 g/mol. The lowest BCUT2D eigenvalue weighted by molar-refractivity contribution is -0.128. The molecular formula is C13H20N2OS. The fourth-order valence-corrected chi connectivity index (χ4v) is 2.61. The van der Waals surface area contributed by atoms with Gasteiger partial charge in [0.2, 0.25) is 5.91 Å². The molecule has 3 nitrogen and oxygen atoms in total. The number of carbonyl (C=O) groups excluding carboxylic acids is 1. The molecule has 1 N–H and O–H groups in total. The van der Waals surface area contributed by atoms with Gasteiger partial charge < -0.3 is 10.2 Å². The molecule has 94 valence electrons. The molecule has 17 heavy (non-hydrogen) atoms. The number of hydrogen-bond acceptors (Lipinski definition) is 3. The Labute approximate surface area is 107 Å². The standard InChI is InChI=1S/C13H20N2OS/c1-10-6-8-17-12(10)5-7-15(2)13(16)9-14-11-3-4-11/h6,8,11,14H,3-5,7,9H2,1-2H3. The largest absolute Gasteiger partial charge is 0.344 e. The van der Waals surface area contributed by atoms with Crippen LogP contribution in [-0.4, -0.2) is 37.0 Å². The lowest BCUT2D eigenvalue weighted by Crippen LogP contribution is -2.37. The Kier molecular flexibility index (Phi) is 4.18. The van der Waals surface area contributed by atoms with Gasteiger partial charge in [0.15, 0.2) is 0 Å². The van der Waals surface area contributed by atoms with Crippen LogP contribution in [0.5, 0.6) is 0 Å². The number of nitrogens with zero attached hydrogens (tertiary/aromatic N) is 1. The summed E-state index contributed by atoms with van der Waals surface area (Å²) in [5.74, 6) is 0.200. The number of amides is 1. The number of hydrogen-bond donors (Lipinski definition) is 1. The smallest absolute Gasteiger partial charge is 0.236 e. The van der Waals surface area contributed by atoms with Gasteiger partial charge in [0, 0.05) is 24.5 Å². The van der Waals surface area contributed by atoms with Crippen LogP contribution in [0.1, 0.15) is 23.3 Å². The monoisotopic (exact) mass is 252 g/mol. The van der Waals surface area contributed by atoms with Gasteiger partial charge in [0.05, 0.1) is 6.54 Å². The normalized spacial score (nSPS) is 14.9. The second kappa shape index (κ2) is 5.65. The fraction of sp³-hybridized carbons (Fsp3) is 0.615. The van der Waals surface area contributed by atoms with Gasteiger partial charge >= 0.3 is 0 Å². The molecule has 2 rings (SSSR count). The van der Waals surface area contributed by atoms with Crippen LogP contribution in [0, 0.1) is 6.92 Å². The van der Waals surface area contributed by atoms with Crippen molar-refractivity contribution in [2.45, 2.75) is 32.2 Å². The molecule has 0 bridgehead atoms. The highest BCUT2D eigenvalue weighted by atomic mass is 32.1. The number of nitrogens with one attached hydrogen (secondary N) is 1. The first-order chi connectivity index (χ1) is 8.16. The predicted molar refractivity (Wildman–Crippen MR) is 71.4 cm³/mol. The fourth-order valence-electron chi connectivity index (χ4n) is 1.71. The molecule has 0 unspecified atom stereocenters. The van der Waals surface area contributed by atoms with Crippen LogP contribution in [0.25, 0.3) is 0 Å². The Hall–Kier alpha value is -0.870. The molecule has 1 heterocycles. The minimum atomic E-state index is 0.200. The van der Waals surface area contributed by atoms with Crippen LogP contribution in [0.4, 0.5) is 0 Å². The Bertz CT molecular complexity index is 385. The van der Waals surface area contributed by atoms with Crippen molar-refractivity contribution in [3.8, 4) is 0 Å². The maximum atomic E-state index is 11.8. The second-order valence-electron chi connectivity index (χ2n) is 4.75. The third kappa shape index (κ3) is 3.82. The quantitative estimate of drug-likeness (QED) is 0.837. The van der Waals surface area contributed by atoms with Gasteiger partial charge in [-0.2, -0.15) is 0 Å². The van der Waals surface area contributed by atoms with Crippen molar-refractivity contribution in [3.05, 3.63) is 21.9 Å². The summed E-state index contributed by atoms with van der Waals surface area (Å²) in [6.45, 7) is 3.43. The van der Waals surface area contributed by atoms with Gasteiger partial charge in [-0.25, -0.2) is 0 Å². The zero-order chi connectivity index (χ0) is 12.3. The van der Waals surface area contributed by atoms with Crippen LogP contribution < -0.4 is 5.32 Å². The lowest BCUT2D eigenvalue weighted by Gasteiger charge is -2.17. The van der Waals surface area contributed by atoms with E-state index >= 15 is 0 Å². The van der Waals surface area contributed by atoms with Crippen molar-refractivity contribution < 1.29 is 4.79 Å². The van der Waals surface area contributed by atoms with Gasteiger partial charge in [-0.1, -0.05) is 0 Å². The number of rotatable bonds is 6. The average molecular weight is 252 g/mol. The van der Waals surface area contributed by atoms with E-state index < -0.39 is 0 Å². The summed E-state index contributed by atoms with van der Waals surface area (Å²) < 4.78 is 0. The molecule has 0 radical (unpaired) electrons. The molecule has 1 aromatic rings. The number of thiophene rings is 1. The van der Waals surface area contributed by atoms with Crippen molar-refractivity contribution >= 4 is 17.2 Å². The molecule has 1 amide bonds. The zero-order valence-electron chi connectivity index (χ0n) is 10.5. The molecule has 1 fully saturated rings. The first kappa shape index (κ1) is 12.6. The van der Waals surface area contributed by atoms with E-state index in [1.54, 1.807) is 11.3 Å². The summed E-state index contributed by atoms with van der Waals surface area (Å²) in [5, 5.41) is 5.37. The predicted octanol–water partition coefficient (Wildman–Crippen LogP) is 1.81. The lowest BCUT2D eigenvalue weighted by atomic mass is 10.2. The van der Waals surface area contributed by atoms with Crippen molar-refractivity contribution in [1.29, 1.82) is 0 Å². The first-order valence-corrected chi connectivity index (χ1v) is 7.05. The van der Waals surface area contributed by atoms with Crippen molar-refractivity contribution in [2.75, 3.05) is 20.1 Å². The Balaban J connectivity index is 1.70. The number of likely N-dealkylation sites (N-methyl/N-ethyl adjacent to an activating group) is 1. The molecule has 1 saturated carbocycles. The van der Waals surface area contributed by atoms with Crippen molar-refractivity contribution in [1.82, 2.24) is 10.2 Å². The van der Waals surface area contributed by atoms with Crippen molar-refractivity contribution in [3.63, 3.8) is 0 Å². The minimum absolute atomic E-state index is 0.200. The summed E-state index contributed by atoms with van der Waals surface area (Å²) in [5.41, 5.74) is 1.34. The Morgan fingerprint density at radius 2 is 2.35 bits per heavy atom. The summed E-state index contributed by atoms with van der Waals surface area (Å²) in [6.07, 6.45) is 3.42. The minimum Gasteiger partial charge on any atom is -0.344 e. The topological polar surface area (TPSA) is 32.3 Å². The third-order valence-electron chi connectivity index (χ3n) is 3.19. The summed E-state index contributed by atoms with van der Waals surface area (Å²) in [6, 6.07) is 2.74. The van der Waals surface area contributed by atoms with Gasteiger partial charge in [-0.15, -0.1) is 11.3 Å². The maximum Gasteiger partial charge on any atom is 0.236 e.